The maximum atomic E-state index is 12.5. The second-order valence-electron chi connectivity index (χ2n) is 6.45. The van der Waals surface area contributed by atoms with Crippen LogP contribution >= 0.6 is 0 Å². The third kappa shape index (κ3) is 3.06. The molecule has 0 saturated carbocycles. The summed E-state index contributed by atoms with van der Waals surface area (Å²) in [6.45, 7) is 9.34. The monoisotopic (exact) mass is 298 g/mol. The Morgan fingerprint density at radius 3 is 2.24 bits per heavy atom. The van der Waals surface area contributed by atoms with Crippen molar-refractivity contribution >= 4 is 11.9 Å². The molecular formula is C15H26N2O4. The molecule has 2 atom stereocenters. The van der Waals surface area contributed by atoms with Gasteiger partial charge in [-0.05, 0) is 19.3 Å². The van der Waals surface area contributed by atoms with E-state index in [-0.39, 0.29) is 17.9 Å². The van der Waals surface area contributed by atoms with E-state index < -0.39 is 11.4 Å². The first-order chi connectivity index (χ1) is 9.88. The average molecular weight is 298 g/mol. The Labute approximate surface area is 126 Å². The highest BCUT2D eigenvalue weighted by atomic mass is 16.5. The van der Waals surface area contributed by atoms with Gasteiger partial charge in [0.25, 0.3) is 0 Å². The minimum absolute atomic E-state index is 0.0608. The molecule has 2 heterocycles. The molecule has 2 aliphatic rings. The van der Waals surface area contributed by atoms with Gasteiger partial charge in [-0.15, -0.1) is 0 Å². The van der Waals surface area contributed by atoms with Crippen LogP contribution in [0.5, 0.6) is 0 Å². The van der Waals surface area contributed by atoms with E-state index in [9.17, 15) is 14.7 Å². The fourth-order valence-corrected chi connectivity index (χ4v) is 3.29. The van der Waals surface area contributed by atoms with Gasteiger partial charge < -0.3 is 14.7 Å². The fraction of sp³-hybridized carbons (Fsp3) is 0.867. The Morgan fingerprint density at radius 1 is 1.14 bits per heavy atom. The number of likely N-dealkylation sites (tertiary alicyclic amines) is 1. The molecule has 0 aromatic carbocycles. The highest BCUT2D eigenvalue weighted by Crippen LogP contribution is 2.39. The SMILES string of the molecule is CC(C(=O)N1CCOCC1)N1CCC(C(=O)O)(C(C)C)C1. The van der Waals surface area contributed by atoms with Crippen LogP contribution in [0.4, 0.5) is 0 Å². The number of carboxylic acids is 1. The van der Waals surface area contributed by atoms with Gasteiger partial charge in [-0.3, -0.25) is 14.5 Å². The van der Waals surface area contributed by atoms with Crippen LogP contribution in [-0.2, 0) is 14.3 Å². The summed E-state index contributed by atoms with van der Waals surface area (Å²) in [5.41, 5.74) is -0.723. The topological polar surface area (TPSA) is 70.1 Å². The van der Waals surface area contributed by atoms with Crippen LogP contribution in [0.1, 0.15) is 27.2 Å². The lowest BCUT2D eigenvalue weighted by Gasteiger charge is -2.34. The summed E-state index contributed by atoms with van der Waals surface area (Å²) in [4.78, 5) is 28.0. The minimum Gasteiger partial charge on any atom is -0.481 e. The van der Waals surface area contributed by atoms with Gasteiger partial charge in [0.2, 0.25) is 5.91 Å². The number of morpholine rings is 1. The van der Waals surface area contributed by atoms with Gasteiger partial charge in [-0.2, -0.15) is 0 Å². The molecule has 2 aliphatic heterocycles. The Balaban J connectivity index is 2.02. The van der Waals surface area contributed by atoms with Crippen molar-refractivity contribution in [2.45, 2.75) is 33.2 Å². The lowest BCUT2D eigenvalue weighted by atomic mass is 9.76. The molecule has 0 bridgehead atoms. The smallest absolute Gasteiger partial charge is 0.311 e. The summed E-state index contributed by atoms with van der Waals surface area (Å²) < 4.78 is 5.27. The highest BCUT2D eigenvalue weighted by molar-refractivity contribution is 5.82. The number of hydrogen-bond acceptors (Lipinski definition) is 4. The van der Waals surface area contributed by atoms with Crippen molar-refractivity contribution in [1.82, 2.24) is 9.80 Å². The van der Waals surface area contributed by atoms with E-state index in [2.05, 4.69) is 0 Å². The van der Waals surface area contributed by atoms with Crippen molar-refractivity contribution in [2.75, 3.05) is 39.4 Å². The number of amides is 1. The van der Waals surface area contributed by atoms with Crippen LogP contribution in [0.2, 0.25) is 0 Å². The van der Waals surface area contributed by atoms with Crippen molar-refractivity contribution in [3.63, 3.8) is 0 Å². The Morgan fingerprint density at radius 2 is 1.76 bits per heavy atom. The number of carbonyl (C=O) groups is 2. The summed E-state index contributed by atoms with van der Waals surface area (Å²) in [6, 6.07) is -0.261. The van der Waals surface area contributed by atoms with Crippen LogP contribution in [0, 0.1) is 11.3 Å². The maximum Gasteiger partial charge on any atom is 0.311 e. The van der Waals surface area contributed by atoms with E-state index in [1.165, 1.54) is 0 Å². The zero-order valence-corrected chi connectivity index (χ0v) is 13.2. The van der Waals surface area contributed by atoms with Crippen molar-refractivity contribution in [2.24, 2.45) is 11.3 Å². The van der Waals surface area contributed by atoms with Crippen LogP contribution in [0.15, 0.2) is 0 Å². The molecular weight excluding hydrogens is 272 g/mol. The van der Waals surface area contributed by atoms with Gasteiger partial charge in [-0.1, -0.05) is 13.8 Å². The molecule has 6 heteroatoms. The summed E-state index contributed by atoms with van der Waals surface area (Å²) in [5.74, 6) is -0.597. The first kappa shape index (κ1) is 16.2. The Bertz CT molecular complexity index is 406. The standard InChI is InChI=1S/C15H26N2O4/c1-11(2)15(14(19)20)4-5-17(10-15)12(3)13(18)16-6-8-21-9-7-16/h11-12H,4-10H2,1-3H3,(H,19,20). The van der Waals surface area contributed by atoms with E-state index in [4.69, 9.17) is 4.74 Å². The summed E-state index contributed by atoms with van der Waals surface area (Å²) in [5, 5.41) is 9.58. The first-order valence-electron chi connectivity index (χ1n) is 7.72. The Kier molecular flexibility index (Phi) is 4.88. The lowest BCUT2D eigenvalue weighted by Crippen LogP contribution is -2.51. The molecule has 0 radical (unpaired) electrons. The molecule has 6 nitrogen and oxygen atoms in total. The van der Waals surface area contributed by atoms with Crippen molar-refractivity contribution in [3.8, 4) is 0 Å². The van der Waals surface area contributed by atoms with Gasteiger partial charge in [0, 0.05) is 26.2 Å². The van der Waals surface area contributed by atoms with Gasteiger partial charge >= 0.3 is 5.97 Å². The molecule has 2 fully saturated rings. The predicted molar refractivity (Wildman–Crippen MR) is 78.0 cm³/mol. The van der Waals surface area contributed by atoms with E-state index in [1.54, 1.807) is 0 Å². The summed E-state index contributed by atoms with van der Waals surface area (Å²) in [6.07, 6.45) is 0.612. The van der Waals surface area contributed by atoms with E-state index >= 15 is 0 Å². The number of ether oxygens (including phenoxy) is 1. The largest absolute Gasteiger partial charge is 0.481 e. The molecule has 0 aromatic rings. The first-order valence-corrected chi connectivity index (χ1v) is 7.72. The van der Waals surface area contributed by atoms with Gasteiger partial charge in [-0.25, -0.2) is 0 Å². The van der Waals surface area contributed by atoms with Crippen LogP contribution < -0.4 is 0 Å². The third-order valence-corrected chi connectivity index (χ3v) is 5.09. The molecule has 21 heavy (non-hydrogen) atoms. The highest BCUT2D eigenvalue weighted by Gasteiger charge is 2.49. The summed E-state index contributed by atoms with van der Waals surface area (Å²) >= 11 is 0. The van der Waals surface area contributed by atoms with Crippen molar-refractivity contribution in [1.29, 1.82) is 0 Å². The number of aliphatic carboxylic acids is 1. The molecule has 2 saturated heterocycles. The van der Waals surface area contributed by atoms with E-state index in [0.29, 0.717) is 45.8 Å². The van der Waals surface area contributed by atoms with Crippen molar-refractivity contribution < 1.29 is 19.4 Å². The predicted octanol–water partition coefficient (Wildman–Crippen LogP) is 0.666. The maximum absolute atomic E-state index is 12.5. The molecule has 0 aromatic heterocycles. The third-order valence-electron chi connectivity index (χ3n) is 5.09. The Hall–Kier alpha value is -1.14. The second-order valence-corrected chi connectivity index (χ2v) is 6.45. The number of hydrogen-bond donors (Lipinski definition) is 1. The zero-order chi connectivity index (χ0) is 15.6. The quantitative estimate of drug-likeness (QED) is 0.826. The van der Waals surface area contributed by atoms with E-state index in [1.807, 2.05) is 30.6 Å². The molecule has 2 rings (SSSR count). The second kappa shape index (κ2) is 6.32. The van der Waals surface area contributed by atoms with Crippen LogP contribution in [0.25, 0.3) is 0 Å². The molecule has 120 valence electrons. The van der Waals surface area contributed by atoms with Gasteiger partial charge in [0.1, 0.15) is 0 Å². The minimum atomic E-state index is -0.744. The van der Waals surface area contributed by atoms with E-state index in [0.717, 1.165) is 0 Å². The average Bonchev–Trinajstić information content (AvgIpc) is 2.93. The number of nitrogens with zero attached hydrogens (tertiary/aromatic N) is 2. The number of carboxylic acid groups (broad SMARTS) is 1. The molecule has 1 amide bonds. The molecule has 0 spiro atoms. The van der Waals surface area contributed by atoms with Gasteiger partial charge in [0.05, 0.1) is 24.7 Å². The van der Waals surface area contributed by atoms with Crippen LogP contribution in [-0.4, -0.2) is 72.2 Å². The summed E-state index contributed by atoms with van der Waals surface area (Å²) in [7, 11) is 0. The molecule has 2 unspecified atom stereocenters. The fourth-order valence-electron chi connectivity index (χ4n) is 3.29. The van der Waals surface area contributed by atoms with Crippen LogP contribution in [0.3, 0.4) is 0 Å². The normalized spacial score (nSPS) is 28.9. The molecule has 0 aliphatic carbocycles. The zero-order valence-electron chi connectivity index (χ0n) is 13.2. The number of rotatable bonds is 4. The number of carbonyl (C=O) groups excluding carboxylic acids is 1. The molecule has 1 N–H and O–H groups in total. The van der Waals surface area contributed by atoms with Gasteiger partial charge in [0.15, 0.2) is 0 Å². The lowest BCUT2D eigenvalue weighted by molar-refractivity contribution is -0.152. The van der Waals surface area contributed by atoms with Crippen molar-refractivity contribution in [3.05, 3.63) is 0 Å².